The van der Waals surface area contributed by atoms with Gasteiger partial charge >= 0.3 is 0 Å². The fourth-order valence-electron chi connectivity index (χ4n) is 3.93. The second-order valence-corrected chi connectivity index (χ2v) is 8.16. The third-order valence-corrected chi connectivity index (χ3v) is 5.58. The van der Waals surface area contributed by atoms with E-state index in [1.165, 1.54) is 19.8 Å². The van der Waals surface area contributed by atoms with Gasteiger partial charge in [0.05, 0.1) is 0 Å². The Balaban J connectivity index is 1.45. The molecule has 0 radical (unpaired) electrons. The Hall–Kier alpha value is -3.41. The van der Waals surface area contributed by atoms with Crippen LogP contribution in [0, 0.1) is 5.92 Å². The fourth-order valence-corrected chi connectivity index (χ4v) is 3.93. The van der Waals surface area contributed by atoms with E-state index in [-0.39, 0.29) is 18.3 Å². The first kappa shape index (κ1) is 20.8. The number of nitrogens with one attached hydrogen (secondary N) is 1. The molecular weight excluding hydrogens is 390 g/mol. The molecular formula is C25H27N3O3. The number of ketones is 1. The molecule has 4 rings (SSSR count). The van der Waals surface area contributed by atoms with Crippen LogP contribution in [-0.4, -0.2) is 36.4 Å². The molecule has 1 amide bonds. The number of anilines is 2. The average molecular weight is 418 g/mol. The first-order chi connectivity index (χ1) is 15.0. The van der Waals surface area contributed by atoms with Crippen LogP contribution in [0.2, 0.25) is 0 Å². The van der Waals surface area contributed by atoms with Crippen LogP contribution in [0.3, 0.4) is 0 Å². The van der Waals surface area contributed by atoms with Crippen molar-refractivity contribution in [1.29, 1.82) is 0 Å². The van der Waals surface area contributed by atoms with Gasteiger partial charge in [0.2, 0.25) is 0 Å². The molecule has 3 aromatic rings. The van der Waals surface area contributed by atoms with Crippen LogP contribution in [0.4, 0.5) is 11.5 Å². The summed E-state index contributed by atoms with van der Waals surface area (Å²) in [5.74, 6) is 1.92. The largest absolute Gasteiger partial charge is 0.481 e. The highest BCUT2D eigenvalue weighted by Gasteiger charge is 2.18. The molecule has 0 bridgehead atoms. The lowest BCUT2D eigenvalue weighted by molar-refractivity contribution is -0.118. The third kappa shape index (κ3) is 5.02. The average Bonchev–Trinajstić information content (AvgIpc) is 2.77. The van der Waals surface area contributed by atoms with Crippen molar-refractivity contribution in [3.8, 4) is 5.75 Å². The lowest BCUT2D eigenvalue weighted by Crippen LogP contribution is -2.34. The van der Waals surface area contributed by atoms with Crippen LogP contribution in [0.1, 0.15) is 37.0 Å². The van der Waals surface area contributed by atoms with Crippen molar-refractivity contribution in [2.24, 2.45) is 5.92 Å². The van der Waals surface area contributed by atoms with Gasteiger partial charge in [-0.25, -0.2) is 4.98 Å². The van der Waals surface area contributed by atoms with Gasteiger partial charge in [-0.3, -0.25) is 9.59 Å². The highest BCUT2D eigenvalue weighted by atomic mass is 16.5. The highest BCUT2D eigenvalue weighted by Crippen LogP contribution is 2.28. The van der Waals surface area contributed by atoms with E-state index in [0.29, 0.717) is 22.9 Å². The summed E-state index contributed by atoms with van der Waals surface area (Å²) >= 11 is 0. The number of carbonyl (C=O) groups excluding carboxylic acids is 2. The van der Waals surface area contributed by atoms with Crippen molar-refractivity contribution >= 4 is 34.1 Å². The van der Waals surface area contributed by atoms with Crippen LogP contribution in [0.25, 0.3) is 10.9 Å². The number of fused-ring (bicyclic) bond motifs is 1. The number of aromatic nitrogens is 1. The van der Waals surface area contributed by atoms with Gasteiger partial charge < -0.3 is 15.0 Å². The summed E-state index contributed by atoms with van der Waals surface area (Å²) in [6.07, 6.45) is 2.43. The van der Waals surface area contributed by atoms with Crippen molar-refractivity contribution in [2.75, 3.05) is 29.9 Å². The van der Waals surface area contributed by atoms with Gasteiger partial charge in [-0.15, -0.1) is 0 Å². The van der Waals surface area contributed by atoms with E-state index < -0.39 is 0 Å². The van der Waals surface area contributed by atoms with Crippen LogP contribution < -0.4 is 15.0 Å². The summed E-state index contributed by atoms with van der Waals surface area (Å²) in [6.45, 7) is 5.67. The molecule has 2 heterocycles. The minimum absolute atomic E-state index is 0.0111. The molecule has 160 valence electrons. The van der Waals surface area contributed by atoms with E-state index in [1.807, 2.05) is 18.2 Å². The SMILES string of the molecule is CC(=O)c1ccc(NC(=O)COc2cccc3ccc(N4CCC[C@H](C)C4)nc23)cc1. The Bertz CT molecular complexity index is 1090. The predicted molar refractivity (Wildman–Crippen MR) is 123 cm³/mol. The van der Waals surface area contributed by atoms with E-state index in [4.69, 9.17) is 9.72 Å². The number of hydrogen-bond donors (Lipinski definition) is 1. The third-order valence-electron chi connectivity index (χ3n) is 5.58. The summed E-state index contributed by atoms with van der Waals surface area (Å²) < 4.78 is 5.83. The van der Waals surface area contributed by atoms with Crippen LogP contribution in [-0.2, 0) is 4.79 Å². The van der Waals surface area contributed by atoms with E-state index in [9.17, 15) is 9.59 Å². The standard InChI is InChI=1S/C25H27N3O3/c1-17-5-4-14-28(15-17)23-13-10-20-6-3-7-22(25(20)27-23)31-16-24(30)26-21-11-8-19(9-12-21)18(2)29/h3,6-13,17H,4-5,14-16H2,1-2H3,(H,26,30)/t17-/m0/s1. The Morgan fingerprint density at radius 1 is 1.13 bits per heavy atom. The summed E-state index contributed by atoms with van der Waals surface area (Å²) in [5.41, 5.74) is 1.99. The smallest absolute Gasteiger partial charge is 0.262 e. The van der Waals surface area contributed by atoms with Gasteiger partial charge in [0.15, 0.2) is 12.4 Å². The summed E-state index contributed by atoms with van der Waals surface area (Å²) in [5, 5.41) is 3.77. The molecule has 1 atom stereocenters. The van der Waals surface area contributed by atoms with E-state index in [1.54, 1.807) is 24.3 Å². The first-order valence-electron chi connectivity index (χ1n) is 10.7. The maximum atomic E-state index is 12.4. The van der Waals surface area contributed by atoms with E-state index in [0.717, 1.165) is 29.8 Å². The summed E-state index contributed by atoms with van der Waals surface area (Å²) in [4.78, 5) is 30.9. The Labute approximate surface area is 182 Å². The number of benzene rings is 2. The van der Waals surface area contributed by atoms with Gasteiger partial charge in [0.1, 0.15) is 17.1 Å². The summed E-state index contributed by atoms with van der Waals surface area (Å²) in [6, 6.07) is 16.6. The molecule has 0 unspecified atom stereocenters. The Morgan fingerprint density at radius 3 is 2.68 bits per heavy atom. The summed E-state index contributed by atoms with van der Waals surface area (Å²) in [7, 11) is 0. The van der Waals surface area contributed by atoms with E-state index >= 15 is 0 Å². The maximum Gasteiger partial charge on any atom is 0.262 e. The second kappa shape index (κ2) is 9.16. The van der Waals surface area contributed by atoms with Crippen molar-refractivity contribution in [3.05, 3.63) is 60.2 Å². The van der Waals surface area contributed by atoms with Crippen LogP contribution >= 0.6 is 0 Å². The molecule has 31 heavy (non-hydrogen) atoms. The zero-order valence-electron chi connectivity index (χ0n) is 17.9. The number of hydrogen-bond acceptors (Lipinski definition) is 5. The number of amides is 1. The van der Waals surface area contributed by atoms with Gasteiger partial charge in [-0.05, 0) is 68.1 Å². The Kier molecular flexibility index (Phi) is 6.16. The number of para-hydroxylation sites is 1. The number of piperidine rings is 1. The molecule has 1 aromatic heterocycles. The zero-order valence-corrected chi connectivity index (χ0v) is 17.9. The Morgan fingerprint density at radius 2 is 1.94 bits per heavy atom. The molecule has 1 N–H and O–H groups in total. The van der Waals surface area contributed by atoms with Gasteiger partial charge in [0.25, 0.3) is 5.91 Å². The fraction of sp³-hybridized carbons (Fsp3) is 0.320. The van der Waals surface area contributed by atoms with Crippen molar-refractivity contribution in [1.82, 2.24) is 4.98 Å². The van der Waals surface area contributed by atoms with Crippen molar-refractivity contribution in [3.63, 3.8) is 0 Å². The monoisotopic (exact) mass is 417 g/mol. The molecule has 1 aliphatic heterocycles. The number of carbonyl (C=O) groups is 2. The zero-order chi connectivity index (χ0) is 21.8. The van der Waals surface area contributed by atoms with Gasteiger partial charge in [-0.1, -0.05) is 19.1 Å². The molecule has 1 fully saturated rings. The number of rotatable bonds is 6. The number of ether oxygens (including phenoxy) is 1. The van der Waals surface area contributed by atoms with Crippen LogP contribution in [0.5, 0.6) is 5.75 Å². The molecule has 6 heteroatoms. The first-order valence-corrected chi connectivity index (χ1v) is 10.7. The minimum atomic E-state index is -0.270. The molecule has 2 aromatic carbocycles. The van der Waals surface area contributed by atoms with Crippen molar-refractivity contribution < 1.29 is 14.3 Å². The second-order valence-electron chi connectivity index (χ2n) is 8.16. The van der Waals surface area contributed by atoms with E-state index in [2.05, 4.69) is 29.3 Å². The van der Waals surface area contributed by atoms with Crippen molar-refractivity contribution in [2.45, 2.75) is 26.7 Å². The van der Waals surface area contributed by atoms with Gasteiger partial charge in [-0.2, -0.15) is 0 Å². The lowest BCUT2D eigenvalue weighted by atomic mass is 10.0. The number of pyridine rings is 1. The minimum Gasteiger partial charge on any atom is -0.481 e. The molecule has 0 aliphatic carbocycles. The normalized spacial score (nSPS) is 16.2. The highest BCUT2D eigenvalue weighted by molar-refractivity contribution is 5.96. The lowest BCUT2D eigenvalue weighted by Gasteiger charge is -2.32. The quantitative estimate of drug-likeness (QED) is 0.589. The maximum absolute atomic E-state index is 12.4. The number of nitrogens with zero attached hydrogens (tertiary/aromatic N) is 2. The molecule has 6 nitrogen and oxygen atoms in total. The molecule has 0 saturated carbocycles. The molecule has 0 spiro atoms. The predicted octanol–water partition coefficient (Wildman–Crippen LogP) is 4.69. The molecule has 1 saturated heterocycles. The molecule has 1 aliphatic rings. The van der Waals surface area contributed by atoms with Gasteiger partial charge in [0, 0.05) is 29.7 Å². The van der Waals surface area contributed by atoms with Crippen LogP contribution in [0.15, 0.2) is 54.6 Å². The topological polar surface area (TPSA) is 71.5 Å². The number of Topliss-reactive ketones (excluding diaryl/α,β-unsaturated/α-hetero) is 1.